The largest absolute Gasteiger partial charge is 0.381 e. The number of aromatic nitrogens is 1. The van der Waals surface area contributed by atoms with Crippen molar-refractivity contribution in [2.45, 2.75) is 19.8 Å². The molecule has 108 valence electrons. The minimum absolute atomic E-state index is 0.119. The van der Waals surface area contributed by atoms with Gasteiger partial charge in [0.05, 0.1) is 4.92 Å². The van der Waals surface area contributed by atoms with Crippen molar-refractivity contribution in [3.8, 4) is 0 Å². The Balaban J connectivity index is 1.78. The first-order valence-corrected chi connectivity index (χ1v) is 7.09. The van der Waals surface area contributed by atoms with Crippen LogP contribution in [-0.4, -0.2) is 36.2 Å². The third-order valence-electron chi connectivity index (χ3n) is 4.34. The van der Waals surface area contributed by atoms with Crippen LogP contribution in [0, 0.1) is 28.9 Å². The molecule has 2 saturated heterocycles. The molecule has 0 spiro atoms. The molecule has 1 aromatic heterocycles. The summed E-state index contributed by atoms with van der Waals surface area (Å²) >= 11 is 0. The first-order valence-electron chi connectivity index (χ1n) is 7.09. The lowest BCUT2D eigenvalue weighted by Gasteiger charge is -2.19. The molecule has 3 rings (SSSR count). The van der Waals surface area contributed by atoms with Gasteiger partial charge >= 0.3 is 5.69 Å². The van der Waals surface area contributed by atoms with Gasteiger partial charge in [-0.3, -0.25) is 10.1 Å². The summed E-state index contributed by atoms with van der Waals surface area (Å²) in [5, 5.41) is 11.2. The highest BCUT2D eigenvalue weighted by Gasteiger charge is 2.34. The topological polar surface area (TPSA) is 68.5 Å². The minimum atomic E-state index is -0.332. The summed E-state index contributed by atoms with van der Waals surface area (Å²) in [4.78, 5) is 17.2. The molecule has 0 saturated carbocycles. The van der Waals surface area contributed by atoms with Gasteiger partial charge in [0.25, 0.3) is 0 Å². The van der Waals surface area contributed by atoms with Crippen LogP contribution >= 0.6 is 0 Å². The molecule has 2 fully saturated rings. The van der Waals surface area contributed by atoms with Crippen molar-refractivity contribution in [3.63, 3.8) is 0 Å². The molecule has 1 aromatic rings. The molecule has 2 atom stereocenters. The van der Waals surface area contributed by atoms with Crippen LogP contribution in [0.2, 0.25) is 0 Å². The van der Waals surface area contributed by atoms with Gasteiger partial charge in [-0.05, 0) is 37.2 Å². The highest BCUT2D eigenvalue weighted by Crippen LogP contribution is 2.35. The number of hydrogen-bond donors (Lipinski definition) is 0. The van der Waals surface area contributed by atoms with Crippen molar-refractivity contribution in [2.75, 3.05) is 31.2 Å². The van der Waals surface area contributed by atoms with Gasteiger partial charge in [0.2, 0.25) is 5.82 Å². The maximum Gasteiger partial charge on any atom is 0.311 e. The summed E-state index contributed by atoms with van der Waals surface area (Å²) in [6.07, 6.45) is 3.89. The molecule has 3 heterocycles. The molecule has 2 aliphatic rings. The molecule has 0 radical (unpaired) electrons. The highest BCUT2D eigenvalue weighted by molar-refractivity contribution is 5.59. The molecule has 0 aromatic carbocycles. The summed E-state index contributed by atoms with van der Waals surface area (Å²) in [5.41, 5.74) is 0.939. The van der Waals surface area contributed by atoms with Crippen molar-refractivity contribution in [2.24, 2.45) is 11.8 Å². The van der Waals surface area contributed by atoms with Crippen LogP contribution in [0.15, 0.2) is 12.3 Å². The number of pyridine rings is 1. The molecule has 0 amide bonds. The Morgan fingerprint density at radius 1 is 1.45 bits per heavy atom. The van der Waals surface area contributed by atoms with E-state index in [2.05, 4.69) is 9.88 Å². The fraction of sp³-hybridized carbons (Fsp3) is 0.643. The SMILES string of the molecule is Cc1cnc(N2CCC(C3CCOC3)C2)c([N+](=O)[O-])c1. The van der Waals surface area contributed by atoms with Gasteiger partial charge in [0.1, 0.15) is 0 Å². The molecule has 0 aliphatic carbocycles. The average Bonchev–Trinajstić information content (AvgIpc) is 3.09. The van der Waals surface area contributed by atoms with Gasteiger partial charge in [-0.15, -0.1) is 0 Å². The maximum atomic E-state index is 11.2. The summed E-state index contributed by atoms with van der Waals surface area (Å²) < 4.78 is 5.45. The van der Waals surface area contributed by atoms with Crippen LogP contribution in [0.4, 0.5) is 11.5 Å². The zero-order chi connectivity index (χ0) is 14.1. The number of ether oxygens (including phenoxy) is 1. The van der Waals surface area contributed by atoms with Gasteiger partial charge in [-0.2, -0.15) is 0 Å². The van der Waals surface area contributed by atoms with E-state index in [4.69, 9.17) is 4.74 Å². The molecule has 6 heteroatoms. The van der Waals surface area contributed by atoms with E-state index in [1.807, 2.05) is 6.92 Å². The lowest BCUT2D eigenvalue weighted by atomic mass is 9.91. The zero-order valence-electron chi connectivity index (χ0n) is 11.6. The summed E-state index contributed by atoms with van der Waals surface area (Å²) in [5.74, 6) is 1.69. The number of aryl methyl sites for hydroxylation is 1. The van der Waals surface area contributed by atoms with Gasteiger partial charge in [-0.25, -0.2) is 4.98 Å². The molecule has 2 unspecified atom stereocenters. The predicted octanol–water partition coefficient (Wildman–Crippen LogP) is 2.16. The Kier molecular flexibility index (Phi) is 3.56. The normalized spacial score (nSPS) is 26.1. The maximum absolute atomic E-state index is 11.2. The Morgan fingerprint density at radius 2 is 2.30 bits per heavy atom. The molecule has 2 aliphatic heterocycles. The van der Waals surface area contributed by atoms with Crippen molar-refractivity contribution >= 4 is 11.5 Å². The second kappa shape index (κ2) is 5.36. The summed E-state index contributed by atoms with van der Waals surface area (Å²) in [6.45, 7) is 5.21. The average molecular weight is 277 g/mol. The highest BCUT2D eigenvalue weighted by atomic mass is 16.6. The third kappa shape index (κ3) is 2.47. The fourth-order valence-electron chi connectivity index (χ4n) is 3.21. The second-order valence-electron chi connectivity index (χ2n) is 5.73. The van der Waals surface area contributed by atoms with Crippen LogP contribution in [-0.2, 0) is 4.74 Å². The van der Waals surface area contributed by atoms with Gasteiger partial charge in [-0.1, -0.05) is 0 Å². The Bertz CT molecular complexity index is 514. The fourth-order valence-corrected chi connectivity index (χ4v) is 3.21. The van der Waals surface area contributed by atoms with Crippen molar-refractivity contribution in [1.29, 1.82) is 0 Å². The first-order chi connectivity index (χ1) is 9.65. The van der Waals surface area contributed by atoms with Gasteiger partial charge in [0.15, 0.2) is 0 Å². The molecular formula is C14H19N3O3. The molecule has 6 nitrogen and oxygen atoms in total. The van der Waals surface area contributed by atoms with Crippen molar-refractivity contribution < 1.29 is 9.66 Å². The Morgan fingerprint density at radius 3 is 3.00 bits per heavy atom. The lowest BCUT2D eigenvalue weighted by Crippen LogP contribution is -2.24. The number of rotatable bonds is 3. The van der Waals surface area contributed by atoms with Crippen LogP contribution < -0.4 is 4.90 Å². The van der Waals surface area contributed by atoms with E-state index in [0.29, 0.717) is 17.7 Å². The monoisotopic (exact) mass is 277 g/mol. The predicted molar refractivity (Wildman–Crippen MR) is 74.9 cm³/mol. The lowest BCUT2D eigenvalue weighted by molar-refractivity contribution is -0.384. The third-order valence-corrected chi connectivity index (χ3v) is 4.34. The number of hydrogen-bond acceptors (Lipinski definition) is 5. The summed E-state index contributed by atoms with van der Waals surface area (Å²) in [6, 6.07) is 1.61. The van der Waals surface area contributed by atoms with E-state index in [0.717, 1.165) is 44.7 Å². The van der Waals surface area contributed by atoms with E-state index in [1.165, 1.54) is 0 Å². The van der Waals surface area contributed by atoms with E-state index >= 15 is 0 Å². The first kappa shape index (κ1) is 13.3. The van der Waals surface area contributed by atoms with Crippen molar-refractivity contribution in [1.82, 2.24) is 4.98 Å². The quantitative estimate of drug-likeness (QED) is 0.625. The van der Waals surface area contributed by atoms with E-state index < -0.39 is 0 Å². The number of anilines is 1. The Hall–Kier alpha value is -1.69. The molecule has 0 bridgehead atoms. The second-order valence-corrected chi connectivity index (χ2v) is 5.73. The summed E-state index contributed by atoms with van der Waals surface area (Å²) in [7, 11) is 0. The van der Waals surface area contributed by atoms with Crippen molar-refractivity contribution in [3.05, 3.63) is 27.9 Å². The number of nitrogens with zero attached hydrogens (tertiary/aromatic N) is 3. The molecular weight excluding hydrogens is 258 g/mol. The smallest absolute Gasteiger partial charge is 0.311 e. The van der Waals surface area contributed by atoms with Crippen LogP contribution in [0.1, 0.15) is 18.4 Å². The standard InChI is InChI=1S/C14H19N3O3/c1-10-6-13(17(18)19)14(15-7-10)16-4-2-11(8-16)12-3-5-20-9-12/h6-7,11-12H,2-5,8-9H2,1H3. The minimum Gasteiger partial charge on any atom is -0.381 e. The van der Waals surface area contributed by atoms with E-state index in [1.54, 1.807) is 12.3 Å². The van der Waals surface area contributed by atoms with Crippen LogP contribution in [0.25, 0.3) is 0 Å². The molecule has 0 N–H and O–H groups in total. The van der Waals surface area contributed by atoms with Crippen LogP contribution in [0.5, 0.6) is 0 Å². The van der Waals surface area contributed by atoms with Gasteiger partial charge < -0.3 is 9.64 Å². The van der Waals surface area contributed by atoms with E-state index in [9.17, 15) is 10.1 Å². The van der Waals surface area contributed by atoms with E-state index in [-0.39, 0.29) is 10.6 Å². The van der Waals surface area contributed by atoms with Crippen LogP contribution in [0.3, 0.4) is 0 Å². The number of nitro groups is 1. The molecule has 20 heavy (non-hydrogen) atoms. The van der Waals surface area contributed by atoms with Gasteiger partial charge in [0, 0.05) is 38.6 Å². The zero-order valence-corrected chi connectivity index (χ0v) is 11.6. The Labute approximate surface area is 117 Å².